The van der Waals surface area contributed by atoms with Gasteiger partial charge in [0, 0.05) is 13.5 Å². The largest absolute Gasteiger partial charge is 0.338 e. The summed E-state index contributed by atoms with van der Waals surface area (Å²) in [6.07, 6.45) is 1.15. The maximum absolute atomic E-state index is 12.4. The van der Waals surface area contributed by atoms with Crippen LogP contribution in [0.1, 0.15) is 28.9 Å². The molecule has 0 fully saturated rings. The van der Waals surface area contributed by atoms with E-state index in [9.17, 15) is 9.59 Å². The van der Waals surface area contributed by atoms with Gasteiger partial charge in [-0.2, -0.15) is 0 Å². The van der Waals surface area contributed by atoms with Crippen LogP contribution in [0.25, 0.3) is 10.2 Å². The van der Waals surface area contributed by atoms with Gasteiger partial charge in [0.15, 0.2) is 0 Å². The number of thiophene rings is 1. The third-order valence-electron chi connectivity index (χ3n) is 4.28. The summed E-state index contributed by atoms with van der Waals surface area (Å²) in [6.45, 7) is 4.43. The van der Waals surface area contributed by atoms with E-state index in [-0.39, 0.29) is 11.5 Å². The van der Waals surface area contributed by atoms with Crippen LogP contribution in [-0.2, 0) is 17.8 Å². The molecule has 2 heterocycles. The predicted octanol–water partition coefficient (Wildman–Crippen LogP) is 3.19. The zero-order chi connectivity index (χ0) is 18.0. The lowest BCUT2D eigenvalue weighted by Gasteiger charge is -2.17. The molecular weight excluding hydrogens is 334 g/mol. The maximum Gasteiger partial charge on any atom is 0.268 e. The number of hydrogen-bond acceptors (Lipinski definition) is 4. The SMILES string of the molecule is Cc1ccc(CCC(=O)N(C)Cc2nc3ccsc3c(=O)[nH]2)c(C)c1. The molecule has 6 heteroatoms. The topological polar surface area (TPSA) is 66.1 Å². The zero-order valence-corrected chi connectivity index (χ0v) is 15.4. The van der Waals surface area contributed by atoms with Gasteiger partial charge < -0.3 is 9.88 Å². The van der Waals surface area contributed by atoms with E-state index in [1.54, 1.807) is 11.9 Å². The molecule has 1 aromatic carbocycles. The fourth-order valence-corrected chi connectivity index (χ4v) is 3.59. The first-order valence-corrected chi connectivity index (χ1v) is 9.08. The Balaban J connectivity index is 1.64. The number of aromatic amines is 1. The van der Waals surface area contributed by atoms with Crippen LogP contribution in [0.2, 0.25) is 0 Å². The number of aryl methyl sites for hydroxylation is 3. The first kappa shape index (κ1) is 17.4. The average molecular weight is 355 g/mol. The van der Waals surface area contributed by atoms with Gasteiger partial charge in [0.1, 0.15) is 10.5 Å². The van der Waals surface area contributed by atoms with E-state index >= 15 is 0 Å². The minimum Gasteiger partial charge on any atom is -0.338 e. The number of amides is 1. The molecule has 0 aliphatic carbocycles. The lowest BCUT2D eigenvalue weighted by atomic mass is 10.0. The summed E-state index contributed by atoms with van der Waals surface area (Å²) in [7, 11) is 1.74. The normalized spacial score (nSPS) is 11.0. The highest BCUT2D eigenvalue weighted by molar-refractivity contribution is 7.17. The minimum absolute atomic E-state index is 0.0352. The molecule has 0 unspecified atom stereocenters. The summed E-state index contributed by atoms with van der Waals surface area (Å²) in [6, 6.07) is 8.11. The van der Waals surface area contributed by atoms with Crippen LogP contribution in [0.3, 0.4) is 0 Å². The van der Waals surface area contributed by atoms with Crippen LogP contribution in [0.15, 0.2) is 34.4 Å². The molecule has 5 nitrogen and oxygen atoms in total. The number of carbonyl (C=O) groups is 1. The van der Waals surface area contributed by atoms with Crippen molar-refractivity contribution < 1.29 is 4.79 Å². The predicted molar refractivity (Wildman–Crippen MR) is 101 cm³/mol. The number of rotatable bonds is 5. The molecule has 0 spiro atoms. The third-order valence-corrected chi connectivity index (χ3v) is 5.19. The van der Waals surface area contributed by atoms with Crippen molar-refractivity contribution in [3.8, 4) is 0 Å². The van der Waals surface area contributed by atoms with Crippen molar-refractivity contribution in [2.75, 3.05) is 7.05 Å². The fraction of sp³-hybridized carbons (Fsp3) is 0.316. The number of hydrogen-bond donors (Lipinski definition) is 1. The Morgan fingerprint density at radius 1 is 1.28 bits per heavy atom. The highest BCUT2D eigenvalue weighted by Crippen LogP contribution is 2.15. The summed E-state index contributed by atoms with van der Waals surface area (Å²) in [5.74, 6) is 0.548. The van der Waals surface area contributed by atoms with Gasteiger partial charge in [-0.1, -0.05) is 23.8 Å². The zero-order valence-electron chi connectivity index (χ0n) is 14.6. The monoisotopic (exact) mass is 355 g/mol. The van der Waals surface area contributed by atoms with Crippen molar-refractivity contribution in [3.63, 3.8) is 0 Å². The summed E-state index contributed by atoms with van der Waals surface area (Å²) >= 11 is 1.37. The molecule has 0 bridgehead atoms. The van der Waals surface area contributed by atoms with Gasteiger partial charge in [-0.05, 0) is 42.8 Å². The second kappa shape index (κ2) is 7.19. The smallest absolute Gasteiger partial charge is 0.268 e. The highest BCUT2D eigenvalue weighted by atomic mass is 32.1. The second-order valence-electron chi connectivity index (χ2n) is 6.33. The van der Waals surface area contributed by atoms with E-state index in [4.69, 9.17) is 0 Å². The summed E-state index contributed by atoms with van der Waals surface area (Å²) < 4.78 is 0.618. The van der Waals surface area contributed by atoms with Crippen LogP contribution < -0.4 is 5.56 Å². The van der Waals surface area contributed by atoms with Crippen LogP contribution in [-0.4, -0.2) is 27.8 Å². The van der Waals surface area contributed by atoms with Gasteiger partial charge in [0.2, 0.25) is 5.91 Å². The van der Waals surface area contributed by atoms with Gasteiger partial charge in [-0.15, -0.1) is 11.3 Å². The van der Waals surface area contributed by atoms with E-state index in [1.165, 1.54) is 28.0 Å². The minimum atomic E-state index is -0.147. The van der Waals surface area contributed by atoms with Crippen LogP contribution in [0.5, 0.6) is 0 Å². The summed E-state index contributed by atoms with van der Waals surface area (Å²) in [5, 5.41) is 1.84. The van der Waals surface area contributed by atoms with Gasteiger partial charge in [-0.25, -0.2) is 4.98 Å². The molecule has 0 radical (unpaired) electrons. The fourth-order valence-electron chi connectivity index (χ4n) is 2.87. The number of benzene rings is 1. The molecule has 0 saturated heterocycles. The lowest BCUT2D eigenvalue weighted by molar-refractivity contribution is -0.130. The van der Waals surface area contributed by atoms with E-state index in [2.05, 4.69) is 42.0 Å². The van der Waals surface area contributed by atoms with E-state index in [0.717, 1.165) is 0 Å². The first-order chi connectivity index (χ1) is 11.9. The number of aromatic nitrogens is 2. The Hall–Kier alpha value is -2.47. The van der Waals surface area contributed by atoms with Crippen molar-refractivity contribution in [1.29, 1.82) is 0 Å². The van der Waals surface area contributed by atoms with E-state index in [0.29, 0.717) is 35.4 Å². The molecule has 0 saturated carbocycles. The average Bonchev–Trinajstić information content (AvgIpc) is 3.02. The van der Waals surface area contributed by atoms with Gasteiger partial charge in [0.05, 0.1) is 12.1 Å². The van der Waals surface area contributed by atoms with Crippen molar-refractivity contribution in [2.24, 2.45) is 0 Å². The van der Waals surface area contributed by atoms with Crippen LogP contribution >= 0.6 is 11.3 Å². The Kier molecular flexibility index (Phi) is 4.99. The van der Waals surface area contributed by atoms with Crippen LogP contribution in [0, 0.1) is 13.8 Å². The molecule has 3 aromatic rings. The first-order valence-electron chi connectivity index (χ1n) is 8.20. The molecule has 0 aliphatic heterocycles. The molecule has 0 atom stereocenters. The van der Waals surface area contributed by atoms with Gasteiger partial charge in [0.25, 0.3) is 5.56 Å². The summed E-state index contributed by atoms with van der Waals surface area (Å²) in [4.78, 5) is 33.2. The third kappa shape index (κ3) is 3.96. The van der Waals surface area contributed by atoms with Crippen molar-refractivity contribution in [2.45, 2.75) is 33.2 Å². The Labute approximate surface area is 150 Å². The number of nitrogens with zero attached hydrogens (tertiary/aromatic N) is 2. The molecule has 3 rings (SSSR count). The lowest BCUT2D eigenvalue weighted by Crippen LogP contribution is -2.28. The van der Waals surface area contributed by atoms with Crippen LogP contribution in [0.4, 0.5) is 0 Å². The Bertz CT molecular complexity index is 974. The second-order valence-corrected chi connectivity index (χ2v) is 7.24. The number of fused-ring (bicyclic) bond motifs is 1. The number of H-pyrrole nitrogens is 1. The summed E-state index contributed by atoms with van der Waals surface area (Å²) in [5.41, 5.74) is 4.16. The Morgan fingerprint density at radius 3 is 2.84 bits per heavy atom. The van der Waals surface area contributed by atoms with Gasteiger partial charge >= 0.3 is 0 Å². The number of carbonyl (C=O) groups excluding carboxylic acids is 1. The quantitative estimate of drug-likeness (QED) is 0.764. The molecule has 0 aliphatic rings. The van der Waals surface area contributed by atoms with Gasteiger partial charge in [-0.3, -0.25) is 9.59 Å². The molecule has 130 valence electrons. The number of nitrogens with one attached hydrogen (secondary N) is 1. The molecular formula is C19H21N3O2S. The van der Waals surface area contributed by atoms with Crippen molar-refractivity contribution in [1.82, 2.24) is 14.9 Å². The maximum atomic E-state index is 12.4. The van der Waals surface area contributed by atoms with E-state index < -0.39 is 0 Å². The highest BCUT2D eigenvalue weighted by Gasteiger charge is 2.13. The van der Waals surface area contributed by atoms with E-state index in [1.807, 2.05) is 11.4 Å². The molecule has 25 heavy (non-hydrogen) atoms. The molecule has 1 amide bonds. The van der Waals surface area contributed by atoms with Crippen molar-refractivity contribution >= 4 is 27.5 Å². The Morgan fingerprint density at radius 2 is 2.08 bits per heavy atom. The molecule has 1 N–H and O–H groups in total. The standard InChI is InChI=1S/C19H21N3O2S/c1-12-4-5-14(13(2)10-12)6-7-17(23)22(3)11-16-20-15-8-9-25-18(15)19(24)21-16/h4-5,8-10H,6-7,11H2,1-3H3,(H,20,21,24). The molecule has 2 aromatic heterocycles. The van der Waals surface area contributed by atoms with Crippen molar-refractivity contribution in [3.05, 3.63) is 62.5 Å².